The van der Waals surface area contributed by atoms with E-state index in [0.717, 1.165) is 0 Å². The molecule has 0 saturated heterocycles. The van der Waals surface area contributed by atoms with Gasteiger partial charge in [0.2, 0.25) is 5.91 Å². The molecule has 1 atom stereocenters. The molecular weight excluding hydrogens is 231 g/mol. The second-order valence-electron chi connectivity index (χ2n) is 3.10. The Morgan fingerprint density at radius 1 is 1.69 bits per heavy atom. The van der Waals surface area contributed by atoms with Gasteiger partial charge in [0.1, 0.15) is 5.82 Å². The summed E-state index contributed by atoms with van der Waals surface area (Å²) in [5.41, 5.74) is 5.37. The van der Waals surface area contributed by atoms with E-state index in [-0.39, 0.29) is 17.1 Å². The number of benzene rings is 1. The number of halogens is 2. The maximum absolute atomic E-state index is 13.3. The highest BCUT2D eigenvalue weighted by Gasteiger charge is 2.15. The van der Waals surface area contributed by atoms with Crippen LogP contribution in [0.15, 0.2) is 18.2 Å². The molecule has 0 heterocycles. The van der Waals surface area contributed by atoms with Gasteiger partial charge in [-0.25, -0.2) is 4.39 Å². The van der Waals surface area contributed by atoms with E-state index in [1.807, 2.05) is 0 Å². The molecule has 16 heavy (non-hydrogen) atoms. The first-order valence-corrected chi connectivity index (χ1v) is 4.88. The summed E-state index contributed by atoms with van der Waals surface area (Å²) in [6.07, 6.45) is 5.09. The first-order valence-electron chi connectivity index (χ1n) is 4.50. The standard InChI is InChI=1S/C11H10ClFN2O/c1-2-4-9(14)11(16)15-10-7(12)5-3-6-8(10)13/h1,3,5-6,9H,4,14H2,(H,15,16). The predicted octanol–water partition coefficient (Wildman–Crippen LogP) is 1.77. The topological polar surface area (TPSA) is 55.1 Å². The van der Waals surface area contributed by atoms with Gasteiger partial charge < -0.3 is 11.1 Å². The van der Waals surface area contributed by atoms with Crippen molar-refractivity contribution in [3.05, 3.63) is 29.0 Å². The van der Waals surface area contributed by atoms with Gasteiger partial charge >= 0.3 is 0 Å². The Bertz CT molecular complexity index is 422. The fourth-order valence-corrected chi connectivity index (χ4v) is 1.26. The van der Waals surface area contributed by atoms with E-state index in [0.29, 0.717) is 0 Å². The molecule has 0 spiro atoms. The minimum absolute atomic E-state index is 0.0813. The number of terminal acetylenes is 1. The van der Waals surface area contributed by atoms with Crippen molar-refractivity contribution >= 4 is 23.2 Å². The fraction of sp³-hybridized carbons (Fsp3) is 0.182. The zero-order chi connectivity index (χ0) is 12.1. The average molecular weight is 241 g/mol. The predicted molar refractivity (Wildman–Crippen MR) is 61.5 cm³/mol. The highest BCUT2D eigenvalue weighted by Crippen LogP contribution is 2.24. The molecule has 1 rings (SSSR count). The Kier molecular flexibility index (Phi) is 4.29. The number of hydrogen-bond donors (Lipinski definition) is 2. The zero-order valence-electron chi connectivity index (χ0n) is 8.34. The van der Waals surface area contributed by atoms with Crippen LogP contribution in [0.25, 0.3) is 0 Å². The van der Waals surface area contributed by atoms with Crippen LogP contribution < -0.4 is 11.1 Å². The van der Waals surface area contributed by atoms with Crippen molar-refractivity contribution in [3.63, 3.8) is 0 Å². The average Bonchev–Trinajstić information content (AvgIpc) is 2.23. The molecule has 0 aliphatic heterocycles. The van der Waals surface area contributed by atoms with Crippen molar-refractivity contribution in [1.82, 2.24) is 0 Å². The molecule has 1 aromatic carbocycles. The highest BCUT2D eigenvalue weighted by molar-refractivity contribution is 6.33. The molecular formula is C11H10ClFN2O. The van der Waals surface area contributed by atoms with Gasteiger partial charge in [0.25, 0.3) is 0 Å². The van der Waals surface area contributed by atoms with Crippen LogP contribution >= 0.6 is 11.6 Å². The van der Waals surface area contributed by atoms with Gasteiger partial charge in [-0.05, 0) is 12.1 Å². The number of rotatable bonds is 3. The molecule has 3 nitrogen and oxygen atoms in total. The second kappa shape index (κ2) is 5.50. The molecule has 0 radical (unpaired) electrons. The van der Waals surface area contributed by atoms with E-state index in [1.165, 1.54) is 18.2 Å². The van der Waals surface area contributed by atoms with Crippen LogP contribution in [0.1, 0.15) is 6.42 Å². The summed E-state index contributed by atoms with van der Waals surface area (Å²) in [5, 5.41) is 2.41. The third-order valence-corrected chi connectivity index (χ3v) is 2.20. The van der Waals surface area contributed by atoms with Crippen molar-refractivity contribution in [2.45, 2.75) is 12.5 Å². The van der Waals surface area contributed by atoms with Crippen LogP contribution in [0, 0.1) is 18.2 Å². The molecule has 3 N–H and O–H groups in total. The van der Waals surface area contributed by atoms with Crippen LogP contribution in [0.3, 0.4) is 0 Å². The number of nitrogens with one attached hydrogen (secondary N) is 1. The Morgan fingerprint density at radius 2 is 2.38 bits per heavy atom. The monoisotopic (exact) mass is 240 g/mol. The summed E-state index contributed by atoms with van der Waals surface area (Å²) in [4.78, 5) is 11.4. The molecule has 84 valence electrons. The summed E-state index contributed by atoms with van der Waals surface area (Å²) in [5.74, 6) is 1.07. The first kappa shape index (κ1) is 12.5. The molecule has 0 fully saturated rings. The van der Waals surface area contributed by atoms with Crippen molar-refractivity contribution in [2.24, 2.45) is 5.73 Å². The van der Waals surface area contributed by atoms with Crippen molar-refractivity contribution in [2.75, 3.05) is 5.32 Å². The molecule has 1 amide bonds. The Hall–Kier alpha value is -1.57. The van der Waals surface area contributed by atoms with Gasteiger partial charge in [-0.3, -0.25) is 4.79 Å². The summed E-state index contributed by atoms with van der Waals surface area (Å²) in [7, 11) is 0. The zero-order valence-corrected chi connectivity index (χ0v) is 9.09. The SMILES string of the molecule is C#CCC(N)C(=O)Nc1c(F)cccc1Cl. The van der Waals surface area contributed by atoms with Gasteiger partial charge in [-0.1, -0.05) is 17.7 Å². The lowest BCUT2D eigenvalue weighted by Gasteiger charge is -2.11. The summed E-state index contributed by atoms with van der Waals surface area (Å²) < 4.78 is 13.3. The molecule has 0 saturated carbocycles. The fourth-order valence-electron chi connectivity index (χ4n) is 1.05. The lowest BCUT2D eigenvalue weighted by molar-refractivity contribution is -0.117. The van der Waals surface area contributed by atoms with Crippen LogP contribution in [0.5, 0.6) is 0 Å². The number of carbonyl (C=O) groups excluding carboxylic acids is 1. The smallest absolute Gasteiger partial charge is 0.242 e. The normalized spacial score (nSPS) is 11.6. The molecule has 0 aliphatic rings. The van der Waals surface area contributed by atoms with E-state index >= 15 is 0 Å². The number of hydrogen-bond acceptors (Lipinski definition) is 2. The number of anilines is 1. The van der Waals surface area contributed by atoms with Crippen LogP contribution in [-0.2, 0) is 4.79 Å². The Morgan fingerprint density at radius 3 is 2.94 bits per heavy atom. The van der Waals surface area contributed by atoms with Crippen molar-refractivity contribution in [1.29, 1.82) is 0 Å². The van der Waals surface area contributed by atoms with E-state index < -0.39 is 17.8 Å². The third kappa shape index (κ3) is 2.96. The van der Waals surface area contributed by atoms with Crippen molar-refractivity contribution < 1.29 is 9.18 Å². The van der Waals surface area contributed by atoms with E-state index in [4.69, 9.17) is 23.8 Å². The Balaban J connectivity index is 2.82. The van der Waals surface area contributed by atoms with Gasteiger partial charge in [0.05, 0.1) is 16.8 Å². The first-order chi connectivity index (χ1) is 7.56. The Labute approximate surface area is 97.8 Å². The lowest BCUT2D eigenvalue weighted by Crippen LogP contribution is -2.35. The van der Waals surface area contributed by atoms with E-state index in [2.05, 4.69) is 11.2 Å². The summed E-state index contributed by atoms with van der Waals surface area (Å²) >= 11 is 5.72. The van der Waals surface area contributed by atoms with Crippen LogP contribution in [0.4, 0.5) is 10.1 Å². The highest BCUT2D eigenvalue weighted by atomic mass is 35.5. The van der Waals surface area contributed by atoms with E-state index in [1.54, 1.807) is 0 Å². The minimum atomic E-state index is -0.874. The number of carbonyl (C=O) groups is 1. The summed E-state index contributed by atoms with van der Waals surface area (Å²) in [6, 6.07) is 3.22. The van der Waals surface area contributed by atoms with Crippen LogP contribution in [0.2, 0.25) is 5.02 Å². The maximum atomic E-state index is 13.3. The quantitative estimate of drug-likeness (QED) is 0.792. The van der Waals surface area contributed by atoms with Gasteiger partial charge in [0.15, 0.2) is 0 Å². The number of amides is 1. The molecule has 0 aromatic heterocycles. The molecule has 1 aromatic rings. The van der Waals surface area contributed by atoms with Gasteiger partial charge in [-0.2, -0.15) is 0 Å². The van der Waals surface area contributed by atoms with Gasteiger partial charge in [-0.15, -0.1) is 12.3 Å². The maximum Gasteiger partial charge on any atom is 0.242 e. The molecule has 0 bridgehead atoms. The number of nitrogens with two attached hydrogens (primary N) is 1. The van der Waals surface area contributed by atoms with Crippen molar-refractivity contribution in [3.8, 4) is 12.3 Å². The largest absolute Gasteiger partial charge is 0.321 e. The molecule has 5 heteroatoms. The third-order valence-electron chi connectivity index (χ3n) is 1.89. The van der Waals surface area contributed by atoms with E-state index in [9.17, 15) is 9.18 Å². The molecule has 0 aliphatic carbocycles. The second-order valence-corrected chi connectivity index (χ2v) is 3.51. The molecule has 1 unspecified atom stereocenters. The lowest BCUT2D eigenvalue weighted by atomic mass is 10.2. The minimum Gasteiger partial charge on any atom is -0.321 e. The summed E-state index contributed by atoms with van der Waals surface area (Å²) in [6.45, 7) is 0. The van der Waals surface area contributed by atoms with Crippen LogP contribution in [-0.4, -0.2) is 11.9 Å². The number of para-hydroxylation sites is 1. The van der Waals surface area contributed by atoms with Gasteiger partial charge in [0, 0.05) is 6.42 Å².